The fourth-order valence-electron chi connectivity index (χ4n) is 0.638. The summed E-state index contributed by atoms with van der Waals surface area (Å²) < 4.78 is 84.6. The largest absolute Gasteiger partial charge is 0.327 e. The van der Waals surface area contributed by atoms with E-state index in [1.807, 2.05) is 0 Å². The van der Waals surface area contributed by atoms with Gasteiger partial charge in [0, 0.05) is 0 Å². The van der Waals surface area contributed by atoms with Crippen molar-refractivity contribution in [3.05, 3.63) is 11.1 Å². The van der Waals surface area contributed by atoms with Gasteiger partial charge in [-0.25, -0.2) is 13.2 Å². The van der Waals surface area contributed by atoms with E-state index in [1.54, 1.807) is 0 Å². The summed E-state index contributed by atoms with van der Waals surface area (Å²) in [5, 5.41) is -6.52. The summed E-state index contributed by atoms with van der Waals surface area (Å²) in [6.07, 6.45) is -9.04. The van der Waals surface area contributed by atoms with E-state index >= 15 is 0 Å². The molecule has 0 N–H and O–H groups in total. The highest BCUT2D eigenvalue weighted by Gasteiger charge is 2.50. The average Bonchev–Trinajstić information content (AvgIpc) is 1.96. The molecular formula is C6H3Cl2F7. The molecule has 0 spiro atoms. The van der Waals surface area contributed by atoms with Gasteiger partial charge in [0.1, 0.15) is 5.03 Å². The maximum absolute atomic E-state index is 12.5. The van der Waals surface area contributed by atoms with Gasteiger partial charge in [-0.3, -0.25) is 0 Å². The molecule has 0 saturated heterocycles. The molecule has 90 valence electrons. The van der Waals surface area contributed by atoms with E-state index in [1.165, 1.54) is 0 Å². The summed E-state index contributed by atoms with van der Waals surface area (Å²) in [6, 6.07) is 0. The summed E-state index contributed by atoms with van der Waals surface area (Å²) in [5.41, 5.74) is 0. The molecule has 9 heteroatoms. The highest BCUT2D eigenvalue weighted by Crippen LogP contribution is 2.40. The van der Waals surface area contributed by atoms with Crippen LogP contribution in [0.25, 0.3) is 0 Å². The second kappa shape index (κ2) is 4.78. The second-order valence-electron chi connectivity index (χ2n) is 2.52. The monoisotopic (exact) mass is 278 g/mol. The molecule has 0 aliphatic heterocycles. The molecule has 1 unspecified atom stereocenters. The van der Waals surface area contributed by atoms with Gasteiger partial charge >= 0.3 is 5.38 Å². The molecule has 0 heterocycles. The Labute approximate surface area is 89.6 Å². The first-order valence-corrected chi connectivity index (χ1v) is 4.02. The Morgan fingerprint density at radius 3 is 1.80 bits per heavy atom. The molecule has 1 atom stereocenters. The lowest BCUT2D eigenvalue weighted by atomic mass is 10.1. The van der Waals surface area contributed by atoms with Crippen LogP contribution in [0.4, 0.5) is 30.7 Å². The van der Waals surface area contributed by atoms with Crippen molar-refractivity contribution in [1.82, 2.24) is 0 Å². The molecule has 0 fully saturated rings. The van der Waals surface area contributed by atoms with Crippen molar-refractivity contribution < 1.29 is 30.7 Å². The van der Waals surface area contributed by atoms with Gasteiger partial charge in [0.05, 0.1) is 6.42 Å². The highest BCUT2D eigenvalue weighted by atomic mass is 35.5. The van der Waals surface area contributed by atoms with E-state index in [0.717, 1.165) is 0 Å². The third-order valence-electron chi connectivity index (χ3n) is 1.21. The zero-order valence-corrected chi connectivity index (χ0v) is 8.20. The van der Waals surface area contributed by atoms with Crippen LogP contribution in [-0.4, -0.2) is 17.5 Å². The molecule has 0 rings (SSSR count). The summed E-state index contributed by atoms with van der Waals surface area (Å²) in [5.74, 6) is -4.77. The Morgan fingerprint density at radius 1 is 1.13 bits per heavy atom. The lowest BCUT2D eigenvalue weighted by Gasteiger charge is -2.21. The summed E-state index contributed by atoms with van der Waals surface area (Å²) in [7, 11) is 0. The van der Waals surface area contributed by atoms with Crippen molar-refractivity contribution in [2.24, 2.45) is 0 Å². The molecule has 0 aromatic rings. The maximum Gasteiger partial charge on any atom is 0.327 e. The number of alkyl halides is 6. The zero-order chi connectivity index (χ0) is 12.4. The lowest BCUT2D eigenvalue weighted by molar-refractivity contribution is -0.107. The van der Waals surface area contributed by atoms with Gasteiger partial charge in [-0.1, -0.05) is 11.6 Å². The Bertz CT molecular complexity index is 253. The van der Waals surface area contributed by atoms with Crippen LogP contribution in [0.3, 0.4) is 0 Å². The molecule has 0 aromatic heterocycles. The summed E-state index contributed by atoms with van der Waals surface area (Å²) in [4.78, 5) is 0. The van der Waals surface area contributed by atoms with E-state index in [9.17, 15) is 30.7 Å². The standard InChI is InChI=1S/C6H3Cl2F7/c7-2(4(10)11)3(9)5(12,13)1-6(8,14)15/h3H,1H2. The fraction of sp³-hybridized carbons (Fsp3) is 0.667. The number of allylic oxidation sites excluding steroid dienone is 1. The van der Waals surface area contributed by atoms with Crippen LogP contribution in [0.1, 0.15) is 6.42 Å². The van der Waals surface area contributed by atoms with Gasteiger partial charge in [-0.15, -0.1) is 0 Å². The first-order chi connectivity index (χ1) is 6.47. The predicted molar refractivity (Wildman–Crippen MR) is 40.4 cm³/mol. The van der Waals surface area contributed by atoms with Gasteiger partial charge in [-0.05, 0) is 11.6 Å². The second-order valence-corrected chi connectivity index (χ2v) is 3.48. The quantitative estimate of drug-likeness (QED) is 0.524. The highest BCUT2D eigenvalue weighted by molar-refractivity contribution is 6.30. The molecule has 0 nitrogen and oxygen atoms in total. The Kier molecular flexibility index (Phi) is 4.72. The first kappa shape index (κ1) is 14.8. The fourth-order valence-corrected chi connectivity index (χ4v) is 0.976. The molecule has 0 bridgehead atoms. The van der Waals surface area contributed by atoms with Crippen molar-refractivity contribution in [3.63, 3.8) is 0 Å². The molecule has 0 saturated carbocycles. The zero-order valence-electron chi connectivity index (χ0n) is 6.69. The van der Waals surface area contributed by atoms with Crippen molar-refractivity contribution in [2.75, 3.05) is 0 Å². The third-order valence-corrected chi connectivity index (χ3v) is 1.68. The Balaban J connectivity index is 4.82. The number of rotatable bonds is 4. The van der Waals surface area contributed by atoms with E-state index < -0.39 is 35.0 Å². The van der Waals surface area contributed by atoms with Crippen molar-refractivity contribution in [3.8, 4) is 0 Å². The first-order valence-electron chi connectivity index (χ1n) is 3.26. The Morgan fingerprint density at radius 2 is 1.53 bits per heavy atom. The van der Waals surface area contributed by atoms with Crippen LogP contribution in [0.5, 0.6) is 0 Å². The lowest BCUT2D eigenvalue weighted by Crippen LogP contribution is -2.35. The van der Waals surface area contributed by atoms with Gasteiger partial charge in [0.25, 0.3) is 12.0 Å². The van der Waals surface area contributed by atoms with Crippen LogP contribution >= 0.6 is 23.2 Å². The molecule has 0 amide bonds. The molecular weight excluding hydrogens is 276 g/mol. The average molecular weight is 279 g/mol. The van der Waals surface area contributed by atoms with Crippen LogP contribution in [-0.2, 0) is 0 Å². The third kappa shape index (κ3) is 4.92. The van der Waals surface area contributed by atoms with E-state index in [4.69, 9.17) is 0 Å². The summed E-state index contributed by atoms with van der Waals surface area (Å²) >= 11 is 8.59. The van der Waals surface area contributed by atoms with Crippen molar-refractivity contribution in [1.29, 1.82) is 0 Å². The number of hydrogen-bond acceptors (Lipinski definition) is 0. The summed E-state index contributed by atoms with van der Waals surface area (Å²) in [6.45, 7) is 0. The Hall–Kier alpha value is -0.170. The van der Waals surface area contributed by atoms with Crippen LogP contribution < -0.4 is 0 Å². The number of hydrogen-bond donors (Lipinski definition) is 0. The molecule has 0 radical (unpaired) electrons. The van der Waals surface area contributed by atoms with Gasteiger partial charge in [0.15, 0.2) is 0 Å². The predicted octanol–water partition coefficient (Wildman–Crippen LogP) is 4.53. The minimum atomic E-state index is -4.77. The molecule has 0 aliphatic carbocycles. The topological polar surface area (TPSA) is 0 Å². The van der Waals surface area contributed by atoms with Crippen LogP contribution in [0, 0.1) is 0 Å². The van der Waals surface area contributed by atoms with Gasteiger partial charge < -0.3 is 0 Å². The van der Waals surface area contributed by atoms with Crippen molar-refractivity contribution in [2.45, 2.75) is 23.9 Å². The minimum Gasteiger partial charge on any atom is -0.234 e. The van der Waals surface area contributed by atoms with E-state index in [-0.39, 0.29) is 0 Å². The maximum atomic E-state index is 12.5. The smallest absolute Gasteiger partial charge is 0.234 e. The SMILES string of the molecule is FC(F)=C(Cl)C(F)C(F)(F)CC(F)(F)Cl. The molecule has 0 aliphatic rings. The normalized spacial score (nSPS) is 15.0. The van der Waals surface area contributed by atoms with E-state index in [0.29, 0.717) is 0 Å². The van der Waals surface area contributed by atoms with Crippen molar-refractivity contribution >= 4 is 23.2 Å². The van der Waals surface area contributed by atoms with E-state index in [2.05, 4.69) is 23.2 Å². The van der Waals surface area contributed by atoms with Gasteiger partial charge in [0.2, 0.25) is 6.17 Å². The number of halogens is 9. The molecule has 15 heavy (non-hydrogen) atoms. The van der Waals surface area contributed by atoms with Crippen LogP contribution in [0.15, 0.2) is 11.1 Å². The van der Waals surface area contributed by atoms with Gasteiger partial charge in [-0.2, -0.15) is 17.6 Å². The minimum absolute atomic E-state index is 2.11. The van der Waals surface area contributed by atoms with Crippen LogP contribution in [0.2, 0.25) is 0 Å². The molecule has 0 aromatic carbocycles.